The minimum absolute atomic E-state index is 0.0191. The van der Waals surface area contributed by atoms with E-state index in [9.17, 15) is 0 Å². The molecule has 0 bridgehead atoms. The highest BCUT2D eigenvalue weighted by molar-refractivity contribution is 7.30. The maximum atomic E-state index is 2.64. The van der Waals surface area contributed by atoms with Gasteiger partial charge in [0, 0.05) is 43.7 Å². The van der Waals surface area contributed by atoms with Gasteiger partial charge in [-0.05, 0) is 138 Å². The van der Waals surface area contributed by atoms with Crippen LogP contribution in [-0.4, -0.2) is 6.71 Å². The Labute approximate surface area is 422 Å². The molecule has 0 saturated heterocycles. The first-order valence-corrected chi connectivity index (χ1v) is 26.1. The van der Waals surface area contributed by atoms with Gasteiger partial charge in [0.25, 0.3) is 6.71 Å². The average Bonchev–Trinajstić information content (AvgIpc) is 4.03. The molecule has 10 aromatic rings. The van der Waals surface area contributed by atoms with Gasteiger partial charge in [-0.1, -0.05) is 204 Å². The van der Waals surface area contributed by atoms with E-state index in [1.807, 2.05) is 0 Å². The van der Waals surface area contributed by atoms with Gasteiger partial charge >= 0.3 is 0 Å². The zero-order valence-corrected chi connectivity index (χ0v) is 41.9. The van der Waals surface area contributed by atoms with Gasteiger partial charge in [-0.15, -0.1) is 11.3 Å². The summed E-state index contributed by atoms with van der Waals surface area (Å²) in [4.78, 5) is 6.61. The monoisotopic (exact) mass is 928 g/mol. The van der Waals surface area contributed by atoms with Crippen LogP contribution in [0.2, 0.25) is 0 Å². The van der Waals surface area contributed by atoms with Gasteiger partial charge in [-0.3, -0.25) is 0 Å². The van der Waals surface area contributed by atoms with Gasteiger partial charge in [0.2, 0.25) is 0 Å². The number of hydrogen-bond acceptors (Lipinski definition) is 3. The first-order valence-electron chi connectivity index (χ1n) is 25.3. The molecule has 2 aliphatic carbocycles. The molecule has 9 aromatic carbocycles. The van der Waals surface area contributed by atoms with E-state index in [4.69, 9.17) is 0 Å². The molecule has 0 N–H and O–H groups in total. The van der Waals surface area contributed by atoms with E-state index in [-0.39, 0.29) is 12.1 Å². The lowest BCUT2D eigenvalue weighted by atomic mass is 9.36. The van der Waals surface area contributed by atoms with Crippen LogP contribution in [0.5, 0.6) is 0 Å². The minimum atomic E-state index is -0.484. The molecule has 0 saturated carbocycles. The predicted molar refractivity (Wildman–Crippen MR) is 303 cm³/mol. The fraction of sp³-hybridized carbons (Fsp3) is 0.134. The molecule has 1 spiro atoms. The number of anilines is 6. The number of para-hydroxylation sites is 1. The van der Waals surface area contributed by atoms with Gasteiger partial charge in [-0.25, -0.2) is 0 Å². The Morgan fingerprint density at radius 3 is 1.82 bits per heavy atom. The predicted octanol–water partition coefficient (Wildman–Crippen LogP) is 16.2. The Bertz CT molecular complexity index is 3760. The van der Waals surface area contributed by atoms with E-state index in [0.29, 0.717) is 5.92 Å². The van der Waals surface area contributed by atoms with Crippen molar-refractivity contribution in [3.63, 3.8) is 0 Å². The molecule has 4 heteroatoms. The smallest absolute Gasteiger partial charge is 0.264 e. The summed E-state index contributed by atoms with van der Waals surface area (Å²) in [6, 6.07) is 78.8. The third-order valence-electron chi connectivity index (χ3n) is 16.1. The Hall–Kier alpha value is -7.66. The molecule has 2 aliphatic heterocycles. The summed E-state index contributed by atoms with van der Waals surface area (Å²) < 4.78 is 1.40. The van der Waals surface area contributed by atoms with Crippen molar-refractivity contribution in [3.8, 4) is 44.5 Å². The van der Waals surface area contributed by atoms with Gasteiger partial charge in [0.05, 0.1) is 11.1 Å². The molecule has 0 unspecified atom stereocenters. The molecule has 4 aliphatic rings. The number of thiophene rings is 1. The molecule has 0 fully saturated rings. The van der Waals surface area contributed by atoms with Crippen molar-refractivity contribution in [3.05, 3.63) is 245 Å². The SMILES string of the molecule is Cc1ccc(N2c3cccc4c3B(c3ccc(-c5cc(C(C)C)ccc5-c5ccccc5)cc3N4c3ccccc3)c3sc4c(c32)-c2ccc(C(C)(C)C)cc2C42c3ccccc3-c3ccccc32)cc1. The van der Waals surface area contributed by atoms with Crippen molar-refractivity contribution < 1.29 is 0 Å². The van der Waals surface area contributed by atoms with Crippen LogP contribution in [0.4, 0.5) is 34.1 Å². The van der Waals surface area contributed by atoms with Crippen LogP contribution in [0.3, 0.4) is 0 Å². The van der Waals surface area contributed by atoms with E-state index in [1.165, 1.54) is 127 Å². The van der Waals surface area contributed by atoms with Crippen molar-refractivity contribution in [2.24, 2.45) is 0 Å². The molecule has 0 radical (unpaired) electrons. The van der Waals surface area contributed by atoms with Crippen LogP contribution < -0.4 is 25.5 Å². The van der Waals surface area contributed by atoms with Crippen molar-refractivity contribution >= 4 is 67.9 Å². The van der Waals surface area contributed by atoms with Gasteiger partial charge in [0.1, 0.15) is 0 Å². The van der Waals surface area contributed by atoms with Gasteiger partial charge < -0.3 is 9.80 Å². The number of benzene rings is 9. The normalized spacial score (nSPS) is 14.2. The maximum Gasteiger partial charge on any atom is 0.264 e. The molecular formula is C67H53BN2S. The Balaban J connectivity index is 1.10. The molecule has 3 heterocycles. The largest absolute Gasteiger partial charge is 0.311 e. The topological polar surface area (TPSA) is 6.48 Å². The molecule has 71 heavy (non-hydrogen) atoms. The zero-order chi connectivity index (χ0) is 47.9. The first kappa shape index (κ1) is 42.2. The highest BCUT2D eigenvalue weighted by atomic mass is 32.1. The second-order valence-electron chi connectivity index (χ2n) is 21.5. The Kier molecular flexibility index (Phi) is 9.18. The third kappa shape index (κ3) is 5.95. The van der Waals surface area contributed by atoms with E-state index in [2.05, 4.69) is 269 Å². The average molecular weight is 929 g/mol. The summed E-state index contributed by atoms with van der Waals surface area (Å²) >= 11 is 2.06. The number of hydrogen-bond donors (Lipinski definition) is 0. The number of fused-ring (bicyclic) bond motifs is 15. The summed E-state index contributed by atoms with van der Waals surface area (Å²) in [7, 11) is 0. The second kappa shape index (κ2) is 15.4. The molecule has 340 valence electrons. The third-order valence-corrected chi connectivity index (χ3v) is 17.4. The number of rotatable bonds is 5. The molecule has 14 rings (SSSR count). The van der Waals surface area contributed by atoms with E-state index < -0.39 is 5.41 Å². The fourth-order valence-electron chi connectivity index (χ4n) is 12.7. The van der Waals surface area contributed by atoms with E-state index in [1.54, 1.807) is 0 Å². The zero-order valence-electron chi connectivity index (χ0n) is 41.1. The lowest BCUT2D eigenvalue weighted by Gasteiger charge is -2.43. The Morgan fingerprint density at radius 2 is 1.13 bits per heavy atom. The van der Waals surface area contributed by atoms with Crippen LogP contribution >= 0.6 is 11.3 Å². The summed E-state index contributed by atoms with van der Waals surface area (Å²) in [5, 5.41) is 0. The summed E-state index contributed by atoms with van der Waals surface area (Å²) in [5.74, 6) is 0.396. The van der Waals surface area contributed by atoms with Crippen molar-refractivity contribution in [1.29, 1.82) is 0 Å². The van der Waals surface area contributed by atoms with E-state index >= 15 is 0 Å². The summed E-state index contributed by atoms with van der Waals surface area (Å²) in [5.41, 5.74) is 27.9. The quantitative estimate of drug-likeness (QED) is 0.159. The van der Waals surface area contributed by atoms with Crippen LogP contribution in [0.15, 0.2) is 206 Å². The minimum Gasteiger partial charge on any atom is -0.311 e. The van der Waals surface area contributed by atoms with Crippen molar-refractivity contribution in [2.45, 2.75) is 58.3 Å². The highest BCUT2D eigenvalue weighted by Crippen LogP contribution is 2.67. The van der Waals surface area contributed by atoms with Crippen molar-refractivity contribution in [1.82, 2.24) is 0 Å². The van der Waals surface area contributed by atoms with Crippen LogP contribution in [-0.2, 0) is 10.8 Å². The maximum absolute atomic E-state index is 2.64. The number of aryl methyl sites for hydroxylation is 1. The van der Waals surface area contributed by atoms with E-state index in [0.717, 1.165) is 5.69 Å². The standard InChI is InChI=1S/C67H53BN2S/c1-41(2)44-30-35-49(43-18-9-7-10-19-43)53(38-44)45-31-37-57-60(39-45)69(47-20-11-8-12-21-47)58-26-17-27-59-62(58)68(57)65-63(70(59)48-33-28-42(3)29-34-48)61-52-36-32-46(66(4,5)6)40-56(52)67(64(61)71-65)54-24-15-13-22-50(54)51-23-14-16-25-55(51)67/h7-41H,1-6H3. The lowest BCUT2D eigenvalue weighted by Crippen LogP contribution is -2.60. The molecule has 0 atom stereocenters. The van der Waals surface area contributed by atoms with Gasteiger partial charge in [-0.2, -0.15) is 0 Å². The Morgan fingerprint density at radius 1 is 0.493 bits per heavy atom. The van der Waals surface area contributed by atoms with Crippen LogP contribution in [0.1, 0.15) is 78.8 Å². The van der Waals surface area contributed by atoms with Crippen LogP contribution in [0, 0.1) is 6.92 Å². The van der Waals surface area contributed by atoms with Crippen molar-refractivity contribution in [2.75, 3.05) is 9.80 Å². The van der Waals surface area contributed by atoms with Gasteiger partial charge in [0.15, 0.2) is 0 Å². The summed E-state index contributed by atoms with van der Waals surface area (Å²) in [6.45, 7) is 13.8. The molecular weight excluding hydrogens is 876 g/mol. The second-order valence-corrected chi connectivity index (χ2v) is 22.5. The first-order chi connectivity index (χ1) is 34.6. The molecule has 0 amide bonds. The molecule has 1 aromatic heterocycles. The molecule has 2 nitrogen and oxygen atoms in total. The number of nitrogens with zero attached hydrogens (tertiary/aromatic N) is 2. The summed E-state index contributed by atoms with van der Waals surface area (Å²) in [6.07, 6.45) is 0. The van der Waals surface area contributed by atoms with Crippen LogP contribution in [0.25, 0.3) is 44.5 Å². The lowest BCUT2D eigenvalue weighted by molar-refractivity contribution is 0.588. The highest BCUT2D eigenvalue weighted by Gasteiger charge is 2.57. The fourth-order valence-corrected chi connectivity index (χ4v) is 14.4.